The molecule has 0 saturated carbocycles. The van der Waals surface area contributed by atoms with E-state index in [1.807, 2.05) is 12.1 Å². The summed E-state index contributed by atoms with van der Waals surface area (Å²) in [6.45, 7) is 0.576. The second kappa shape index (κ2) is 5.20. The summed E-state index contributed by atoms with van der Waals surface area (Å²) in [4.78, 5) is 0. The number of hydrogen-bond donors (Lipinski definition) is 2. The van der Waals surface area contributed by atoms with Crippen molar-refractivity contribution in [2.45, 2.75) is 12.5 Å². The van der Waals surface area contributed by atoms with E-state index >= 15 is 0 Å². The molecule has 1 aromatic rings. The Labute approximate surface area is 89.0 Å². The van der Waals surface area contributed by atoms with E-state index in [9.17, 15) is 0 Å². The van der Waals surface area contributed by atoms with Gasteiger partial charge in [-0.3, -0.25) is 0 Å². The van der Waals surface area contributed by atoms with Crippen LogP contribution in [0.2, 0.25) is 5.02 Å². The van der Waals surface area contributed by atoms with Crippen LogP contribution in [0.4, 0.5) is 0 Å². The number of halogens is 1. The Morgan fingerprint density at radius 2 is 2.21 bits per heavy atom. The lowest BCUT2D eigenvalue weighted by molar-refractivity contribution is 0.414. The molecule has 0 spiro atoms. The van der Waals surface area contributed by atoms with Crippen molar-refractivity contribution in [3.8, 4) is 5.75 Å². The number of methoxy groups -OCH3 is 1. The van der Waals surface area contributed by atoms with Crippen molar-refractivity contribution in [1.29, 1.82) is 0 Å². The molecule has 4 N–H and O–H groups in total. The van der Waals surface area contributed by atoms with Gasteiger partial charge in [-0.05, 0) is 30.7 Å². The summed E-state index contributed by atoms with van der Waals surface area (Å²) in [7, 11) is 1.58. The summed E-state index contributed by atoms with van der Waals surface area (Å²) >= 11 is 5.89. The van der Waals surface area contributed by atoms with Crippen molar-refractivity contribution < 1.29 is 4.74 Å². The van der Waals surface area contributed by atoms with E-state index in [0.717, 1.165) is 12.0 Å². The van der Waals surface area contributed by atoms with Crippen LogP contribution in [-0.4, -0.2) is 13.7 Å². The van der Waals surface area contributed by atoms with Gasteiger partial charge in [0, 0.05) is 6.04 Å². The summed E-state index contributed by atoms with van der Waals surface area (Å²) in [5, 5.41) is 0.594. The van der Waals surface area contributed by atoms with Crippen LogP contribution in [0.5, 0.6) is 5.75 Å². The normalized spacial score (nSPS) is 12.6. The molecule has 0 heterocycles. The zero-order valence-electron chi connectivity index (χ0n) is 8.16. The predicted octanol–water partition coefficient (Wildman–Crippen LogP) is 1.70. The van der Waals surface area contributed by atoms with Gasteiger partial charge in [0.05, 0.1) is 12.1 Å². The van der Waals surface area contributed by atoms with E-state index in [0.29, 0.717) is 17.3 Å². The van der Waals surface area contributed by atoms with Crippen molar-refractivity contribution >= 4 is 11.6 Å². The van der Waals surface area contributed by atoms with Gasteiger partial charge in [0.15, 0.2) is 0 Å². The zero-order chi connectivity index (χ0) is 10.6. The fraction of sp³-hybridized carbons (Fsp3) is 0.400. The second-order valence-corrected chi connectivity index (χ2v) is 3.49. The van der Waals surface area contributed by atoms with Crippen molar-refractivity contribution in [1.82, 2.24) is 0 Å². The Hall–Kier alpha value is -0.770. The Kier molecular flexibility index (Phi) is 4.20. The minimum Gasteiger partial charge on any atom is -0.495 e. The maximum atomic E-state index is 5.90. The standard InChI is InChI=1S/C10H15ClN2O/c1-14-10-6-7(2-3-8(10)11)9(13)4-5-12/h2-3,6,9H,4-5,12-13H2,1H3. The molecule has 14 heavy (non-hydrogen) atoms. The minimum atomic E-state index is -0.0498. The van der Waals surface area contributed by atoms with E-state index in [1.165, 1.54) is 0 Å². The third-order valence-corrected chi connectivity index (χ3v) is 2.39. The van der Waals surface area contributed by atoms with Gasteiger partial charge in [0.25, 0.3) is 0 Å². The zero-order valence-corrected chi connectivity index (χ0v) is 8.92. The number of ether oxygens (including phenoxy) is 1. The van der Waals surface area contributed by atoms with E-state index < -0.39 is 0 Å². The van der Waals surface area contributed by atoms with E-state index in [2.05, 4.69) is 0 Å². The second-order valence-electron chi connectivity index (χ2n) is 3.08. The Morgan fingerprint density at radius 1 is 1.50 bits per heavy atom. The summed E-state index contributed by atoms with van der Waals surface area (Å²) < 4.78 is 5.10. The molecule has 0 aliphatic rings. The molecule has 0 saturated heterocycles. The number of rotatable bonds is 4. The quantitative estimate of drug-likeness (QED) is 0.802. The lowest BCUT2D eigenvalue weighted by Crippen LogP contribution is -2.15. The molecule has 0 aliphatic carbocycles. The van der Waals surface area contributed by atoms with Gasteiger partial charge in [0.2, 0.25) is 0 Å². The molecule has 0 aliphatic heterocycles. The van der Waals surface area contributed by atoms with Gasteiger partial charge < -0.3 is 16.2 Å². The first-order valence-corrected chi connectivity index (χ1v) is 4.86. The summed E-state index contributed by atoms with van der Waals surface area (Å²) in [5.74, 6) is 0.650. The van der Waals surface area contributed by atoms with Crippen molar-refractivity contribution in [2.75, 3.05) is 13.7 Å². The minimum absolute atomic E-state index is 0.0498. The van der Waals surface area contributed by atoms with Crippen LogP contribution < -0.4 is 16.2 Å². The third kappa shape index (κ3) is 2.61. The predicted molar refractivity (Wildman–Crippen MR) is 58.6 cm³/mol. The highest BCUT2D eigenvalue weighted by Gasteiger charge is 2.08. The van der Waals surface area contributed by atoms with Gasteiger partial charge in [-0.15, -0.1) is 0 Å². The van der Waals surface area contributed by atoms with Crippen LogP contribution in [0.15, 0.2) is 18.2 Å². The molecule has 1 unspecified atom stereocenters. The van der Waals surface area contributed by atoms with Crippen LogP contribution >= 0.6 is 11.6 Å². The highest BCUT2D eigenvalue weighted by molar-refractivity contribution is 6.32. The largest absolute Gasteiger partial charge is 0.495 e. The molecule has 1 aromatic carbocycles. The molecular weight excluding hydrogens is 200 g/mol. The van der Waals surface area contributed by atoms with E-state index in [4.69, 9.17) is 27.8 Å². The van der Waals surface area contributed by atoms with Crippen LogP contribution in [0.25, 0.3) is 0 Å². The van der Waals surface area contributed by atoms with Crippen molar-refractivity contribution in [2.24, 2.45) is 11.5 Å². The molecule has 78 valence electrons. The lowest BCUT2D eigenvalue weighted by atomic mass is 10.0. The molecule has 0 fully saturated rings. The smallest absolute Gasteiger partial charge is 0.137 e. The van der Waals surface area contributed by atoms with E-state index in [1.54, 1.807) is 13.2 Å². The van der Waals surface area contributed by atoms with Crippen LogP contribution in [-0.2, 0) is 0 Å². The monoisotopic (exact) mass is 214 g/mol. The van der Waals surface area contributed by atoms with E-state index in [-0.39, 0.29) is 6.04 Å². The first-order valence-electron chi connectivity index (χ1n) is 4.48. The van der Waals surface area contributed by atoms with Gasteiger partial charge in [-0.2, -0.15) is 0 Å². The maximum absolute atomic E-state index is 5.90. The first kappa shape index (κ1) is 11.3. The lowest BCUT2D eigenvalue weighted by Gasteiger charge is -2.12. The third-order valence-electron chi connectivity index (χ3n) is 2.08. The highest BCUT2D eigenvalue weighted by atomic mass is 35.5. The Bertz CT molecular complexity index is 304. The molecule has 3 nitrogen and oxygen atoms in total. The topological polar surface area (TPSA) is 61.3 Å². The number of hydrogen-bond acceptors (Lipinski definition) is 3. The van der Waals surface area contributed by atoms with Crippen LogP contribution in [0, 0.1) is 0 Å². The Morgan fingerprint density at radius 3 is 2.79 bits per heavy atom. The van der Waals surface area contributed by atoms with Gasteiger partial charge in [0.1, 0.15) is 5.75 Å². The fourth-order valence-electron chi connectivity index (χ4n) is 1.25. The fourth-order valence-corrected chi connectivity index (χ4v) is 1.45. The molecule has 1 atom stereocenters. The van der Waals surface area contributed by atoms with Gasteiger partial charge in [-0.1, -0.05) is 17.7 Å². The van der Waals surface area contributed by atoms with Crippen molar-refractivity contribution in [3.05, 3.63) is 28.8 Å². The average molecular weight is 215 g/mol. The summed E-state index contributed by atoms with van der Waals surface area (Å²) in [6, 6.07) is 5.48. The van der Waals surface area contributed by atoms with Crippen LogP contribution in [0.3, 0.4) is 0 Å². The van der Waals surface area contributed by atoms with Crippen molar-refractivity contribution in [3.63, 3.8) is 0 Å². The van der Waals surface area contributed by atoms with Crippen LogP contribution in [0.1, 0.15) is 18.0 Å². The molecule has 0 radical (unpaired) electrons. The molecule has 4 heteroatoms. The summed E-state index contributed by atoms with van der Waals surface area (Å²) in [6.07, 6.45) is 0.755. The Balaban J connectivity index is 2.88. The molecular formula is C10H15ClN2O. The molecule has 0 amide bonds. The van der Waals surface area contributed by atoms with Gasteiger partial charge >= 0.3 is 0 Å². The molecule has 0 bridgehead atoms. The number of nitrogens with two attached hydrogens (primary N) is 2. The number of benzene rings is 1. The SMILES string of the molecule is COc1cc(C(N)CCN)ccc1Cl. The maximum Gasteiger partial charge on any atom is 0.137 e. The summed E-state index contributed by atoms with van der Waals surface area (Å²) in [5.41, 5.74) is 12.3. The highest BCUT2D eigenvalue weighted by Crippen LogP contribution is 2.27. The molecule has 0 aromatic heterocycles. The molecule has 1 rings (SSSR count). The van der Waals surface area contributed by atoms with Gasteiger partial charge in [-0.25, -0.2) is 0 Å². The average Bonchev–Trinajstić information content (AvgIpc) is 2.19. The first-order chi connectivity index (χ1) is 6.69.